The summed E-state index contributed by atoms with van der Waals surface area (Å²) in [4.78, 5) is 41.3. The first-order valence-electron chi connectivity index (χ1n) is 20.3. The Hall–Kier alpha value is -5.08. The van der Waals surface area contributed by atoms with Gasteiger partial charge >= 0.3 is 0 Å². The number of nitrogens with zero attached hydrogens (tertiary/aromatic N) is 4. The summed E-state index contributed by atoms with van der Waals surface area (Å²) in [5.74, 6) is 1.88. The van der Waals surface area contributed by atoms with Crippen LogP contribution >= 0.6 is 0 Å². The van der Waals surface area contributed by atoms with Gasteiger partial charge < -0.3 is 20.3 Å². The molecule has 4 aromatic rings. The van der Waals surface area contributed by atoms with E-state index in [4.69, 9.17) is 20.5 Å². The van der Waals surface area contributed by atoms with E-state index in [-0.39, 0.29) is 29.8 Å². The number of rotatable bonds is 8. The van der Waals surface area contributed by atoms with E-state index < -0.39 is 6.04 Å². The van der Waals surface area contributed by atoms with Gasteiger partial charge in [-0.3, -0.25) is 19.6 Å². The number of ether oxygens (including phenoxy) is 1. The van der Waals surface area contributed by atoms with Crippen LogP contribution in [0.5, 0.6) is 5.75 Å². The third kappa shape index (κ3) is 6.28. The van der Waals surface area contributed by atoms with Crippen LogP contribution < -0.4 is 10.5 Å². The molecule has 5 atom stereocenters. The molecule has 0 aliphatic carbocycles. The zero-order valence-corrected chi connectivity index (χ0v) is 32.4. The fourth-order valence-electron chi connectivity index (χ4n) is 9.43. The van der Waals surface area contributed by atoms with E-state index in [0.717, 1.165) is 89.3 Å². The van der Waals surface area contributed by atoms with Crippen molar-refractivity contribution in [3.8, 4) is 16.9 Å². The average Bonchev–Trinajstić information content (AvgIpc) is 4.04. The first-order chi connectivity index (χ1) is 26.7. The number of fused-ring (bicyclic) bond motifs is 6. The van der Waals surface area contributed by atoms with Gasteiger partial charge in [0.05, 0.1) is 17.8 Å². The molecule has 5 aliphatic heterocycles. The van der Waals surface area contributed by atoms with Gasteiger partial charge in [-0.05, 0) is 99.5 Å². The highest BCUT2D eigenvalue weighted by atomic mass is 16.5. The summed E-state index contributed by atoms with van der Waals surface area (Å²) in [5, 5.41) is 2.35. The van der Waals surface area contributed by atoms with Gasteiger partial charge in [0.15, 0.2) is 0 Å². The van der Waals surface area contributed by atoms with Crippen LogP contribution in [0.25, 0.3) is 27.5 Å². The minimum atomic E-state index is -0.681. The Bertz CT molecular complexity index is 2290. The number of hydrogen-bond donors (Lipinski definition) is 1. The Kier molecular flexibility index (Phi) is 9.20. The molecule has 0 spiro atoms. The Labute approximate surface area is 324 Å². The van der Waals surface area contributed by atoms with Gasteiger partial charge in [-0.2, -0.15) is 0 Å². The molecule has 282 valence electrons. The molecule has 8 nitrogen and oxygen atoms in total. The van der Waals surface area contributed by atoms with Crippen molar-refractivity contribution in [1.82, 2.24) is 9.80 Å². The van der Waals surface area contributed by atoms with Crippen LogP contribution in [0.1, 0.15) is 88.1 Å². The summed E-state index contributed by atoms with van der Waals surface area (Å²) >= 11 is 0. The van der Waals surface area contributed by atoms with Crippen LogP contribution in [0.15, 0.2) is 89.0 Å². The van der Waals surface area contributed by atoms with E-state index in [1.807, 2.05) is 41.4 Å². The predicted octanol–water partition coefficient (Wildman–Crippen LogP) is 8.82. The van der Waals surface area contributed by atoms with E-state index >= 15 is 0 Å². The summed E-state index contributed by atoms with van der Waals surface area (Å²) in [6.07, 6.45) is 7.40. The van der Waals surface area contributed by atoms with Crippen molar-refractivity contribution >= 4 is 45.3 Å². The summed E-state index contributed by atoms with van der Waals surface area (Å²) in [5.41, 5.74) is 17.5. The lowest BCUT2D eigenvalue weighted by Gasteiger charge is -2.29. The van der Waals surface area contributed by atoms with Crippen LogP contribution in [0.4, 0.5) is 5.69 Å². The number of aliphatic imine (C=N–C) groups is 2. The maximum Gasteiger partial charge on any atom is 0.244 e. The van der Waals surface area contributed by atoms with Crippen molar-refractivity contribution in [2.45, 2.75) is 91.0 Å². The highest BCUT2D eigenvalue weighted by molar-refractivity contribution is 6.07. The Balaban J connectivity index is 0.918. The second-order valence-electron chi connectivity index (χ2n) is 16.7. The molecule has 0 bridgehead atoms. The molecule has 0 radical (unpaired) electrons. The summed E-state index contributed by atoms with van der Waals surface area (Å²) < 4.78 is 6.49. The standard InChI is InChI=1S/C47H51N5O3/c1-5-29-18-43(52(25-29)47(54)45(48)30-10-7-6-8-11-30)40-21-33(24-49-40)31-13-15-35-34(19-31)26-55-44-23-36-32(20-38(35)44)14-16-39-37(36)22-41(50-39)42-12-9-17-51(42)46(53)28(4)27(2)3/h6-8,10-11,13-16,19-20,23-24,27-29,42-43,45H,5,9,12,17-18,21-22,25-26,48H2,1-4H3/t28-,29-,42-,43-,45+/m0/s1. The third-order valence-corrected chi connectivity index (χ3v) is 13.1. The van der Waals surface area contributed by atoms with E-state index in [0.29, 0.717) is 31.4 Å². The number of hydrogen-bond acceptors (Lipinski definition) is 6. The molecule has 9 rings (SSSR count). The van der Waals surface area contributed by atoms with E-state index in [2.05, 4.69) is 75.1 Å². The molecule has 2 N–H and O–H groups in total. The number of likely N-dealkylation sites (tertiary alicyclic amines) is 2. The first-order valence-corrected chi connectivity index (χ1v) is 20.3. The van der Waals surface area contributed by atoms with Gasteiger partial charge in [0.25, 0.3) is 0 Å². The average molecular weight is 734 g/mol. The van der Waals surface area contributed by atoms with Crippen LogP contribution in [-0.4, -0.2) is 58.2 Å². The molecule has 2 saturated heterocycles. The number of benzene rings is 4. The van der Waals surface area contributed by atoms with Crippen LogP contribution in [0, 0.1) is 17.8 Å². The van der Waals surface area contributed by atoms with Gasteiger partial charge in [-0.15, -0.1) is 0 Å². The number of allylic oxidation sites excluding steroid dienone is 1. The zero-order chi connectivity index (χ0) is 38.0. The Morgan fingerprint density at radius 1 is 0.909 bits per heavy atom. The summed E-state index contributed by atoms with van der Waals surface area (Å²) in [6, 6.07) is 24.5. The fourth-order valence-corrected chi connectivity index (χ4v) is 9.43. The minimum Gasteiger partial charge on any atom is -0.488 e. The van der Waals surface area contributed by atoms with Gasteiger partial charge in [-0.25, -0.2) is 0 Å². The maximum atomic E-state index is 13.8. The molecule has 2 fully saturated rings. The molecule has 0 aromatic heterocycles. The lowest BCUT2D eigenvalue weighted by atomic mass is 9.89. The van der Waals surface area contributed by atoms with E-state index in [1.54, 1.807) is 0 Å². The van der Waals surface area contributed by atoms with Crippen molar-refractivity contribution in [2.24, 2.45) is 33.5 Å². The normalized spacial score (nSPS) is 22.5. The lowest BCUT2D eigenvalue weighted by Crippen LogP contribution is -2.44. The van der Waals surface area contributed by atoms with Crippen LogP contribution in [-0.2, 0) is 22.6 Å². The summed E-state index contributed by atoms with van der Waals surface area (Å²) in [6.45, 7) is 10.5. The minimum absolute atomic E-state index is 0.00734. The number of carbonyl (C=O) groups excluding carboxylic acids is 2. The summed E-state index contributed by atoms with van der Waals surface area (Å²) in [7, 11) is 0. The zero-order valence-electron chi connectivity index (χ0n) is 32.4. The van der Waals surface area contributed by atoms with Crippen molar-refractivity contribution in [3.63, 3.8) is 0 Å². The number of carbonyl (C=O) groups is 2. The SMILES string of the molecule is CC[C@H]1C[C@@H](C2=NC=C(c3ccc4c(c3)COc3cc5c6c(ccc5cc3-4)N=C([C@@H]3CCCN3C(=O)[C@@H](C)C(C)C)C6)C2)N(C(=O)[C@H](N)c2ccccc2)C1. The van der Waals surface area contributed by atoms with Crippen LogP contribution in [0.2, 0.25) is 0 Å². The van der Waals surface area contributed by atoms with E-state index in [1.165, 1.54) is 21.9 Å². The highest BCUT2D eigenvalue weighted by Gasteiger charge is 2.41. The second kappa shape index (κ2) is 14.2. The molecule has 0 unspecified atom stereocenters. The van der Waals surface area contributed by atoms with E-state index in [9.17, 15) is 9.59 Å². The van der Waals surface area contributed by atoms with Gasteiger partial charge in [0, 0.05) is 55.0 Å². The smallest absolute Gasteiger partial charge is 0.244 e. The van der Waals surface area contributed by atoms with Crippen molar-refractivity contribution < 1.29 is 14.3 Å². The van der Waals surface area contributed by atoms with Crippen LogP contribution in [0.3, 0.4) is 0 Å². The third-order valence-electron chi connectivity index (χ3n) is 13.1. The highest BCUT2D eigenvalue weighted by Crippen LogP contribution is 2.45. The lowest BCUT2D eigenvalue weighted by molar-refractivity contribution is -0.136. The molecule has 5 aliphatic rings. The topological polar surface area (TPSA) is 101 Å². The van der Waals surface area contributed by atoms with Crippen molar-refractivity contribution in [3.05, 3.63) is 101 Å². The van der Waals surface area contributed by atoms with Crippen molar-refractivity contribution in [2.75, 3.05) is 13.1 Å². The Morgan fingerprint density at radius 3 is 2.55 bits per heavy atom. The predicted molar refractivity (Wildman–Crippen MR) is 221 cm³/mol. The largest absolute Gasteiger partial charge is 0.488 e. The number of nitrogens with two attached hydrogens (primary N) is 1. The van der Waals surface area contributed by atoms with Crippen molar-refractivity contribution in [1.29, 1.82) is 0 Å². The second-order valence-corrected chi connectivity index (χ2v) is 16.7. The molecule has 55 heavy (non-hydrogen) atoms. The fraction of sp³-hybridized carbons (Fsp3) is 0.404. The molecule has 8 heteroatoms. The molecular formula is C47H51N5O3. The molecular weight excluding hydrogens is 683 g/mol. The van der Waals surface area contributed by atoms with Gasteiger partial charge in [0.2, 0.25) is 11.8 Å². The first kappa shape index (κ1) is 35.6. The molecule has 2 amide bonds. The maximum absolute atomic E-state index is 13.8. The van der Waals surface area contributed by atoms with Gasteiger partial charge in [0.1, 0.15) is 18.4 Å². The molecule has 0 saturated carbocycles. The Morgan fingerprint density at radius 2 is 1.75 bits per heavy atom. The number of amides is 2. The quantitative estimate of drug-likeness (QED) is 0.196. The molecule has 4 aromatic carbocycles. The monoisotopic (exact) mass is 733 g/mol. The van der Waals surface area contributed by atoms with Gasteiger partial charge in [-0.1, -0.05) is 82.6 Å². The molecule has 5 heterocycles.